The number of benzene rings is 2. The summed E-state index contributed by atoms with van der Waals surface area (Å²) in [5.41, 5.74) is 2.56. The Morgan fingerprint density at radius 1 is 0.923 bits per heavy atom. The average Bonchev–Trinajstić information content (AvgIpc) is 3.07. The number of Topliss-reactive ketones (excluding diaryl/α,β-unsaturated/α-hetero) is 1. The SMILES string of the molecule is O=C(C(=O)N1CCOCC1)c1cn(Cc2ccccc2)c2ccccc12. The Hall–Kier alpha value is -2.92. The first kappa shape index (κ1) is 16.5. The highest BCUT2D eigenvalue weighted by Crippen LogP contribution is 2.23. The van der Waals surface area contributed by atoms with Crippen LogP contribution in [0.5, 0.6) is 0 Å². The molecule has 1 fully saturated rings. The number of morpholine rings is 1. The van der Waals surface area contributed by atoms with Crippen molar-refractivity contribution in [2.24, 2.45) is 0 Å². The molecule has 1 amide bonds. The summed E-state index contributed by atoms with van der Waals surface area (Å²) in [4.78, 5) is 27.1. The molecular formula is C21H20N2O3. The molecule has 1 aliphatic heterocycles. The normalized spacial score (nSPS) is 14.5. The molecule has 2 heterocycles. The number of amides is 1. The van der Waals surface area contributed by atoms with Crippen LogP contribution in [0, 0.1) is 0 Å². The Bertz CT molecular complexity index is 940. The molecule has 26 heavy (non-hydrogen) atoms. The fraction of sp³-hybridized carbons (Fsp3) is 0.238. The lowest BCUT2D eigenvalue weighted by molar-refractivity contribution is -0.130. The molecule has 0 atom stereocenters. The van der Waals surface area contributed by atoms with Crippen LogP contribution < -0.4 is 0 Å². The summed E-state index contributed by atoms with van der Waals surface area (Å²) in [5, 5.41) is 0.815. The number of nitrogens with zero attached hydrogens (tertiary/aromatic N) is 2. The molecule has 1 aromatic heterocycles. The van der Waals surface area contributed by atoms with E-state index in [0.29, 0.717) is 38.4 Å². The van der Waals surface area contributed by atoms with Crippen LogP contribution in [-0.2, 0) is 16.1 Å². The molecule has 1 saturated heterocycles. The minimum Gasteiger partial charge on any atom is -0.378 e. The quantitative estimate of drug-likeness (QED) is 0.538. The van der Waals surface area contributed by atoms with E-state index in [4.69, 9.17) is 4.74 Å². The van der Waals surface area contributed by atoms with Crippen LogP contribution in [-0.4, -0.2) is 47.5 Å². The number of carbonyl (C=O) groups is 2. The summed E-state index contributed by atoms with van der Waals surface area (Å²) in [6.07, 6.45) is 1.80. The zero-order valence-corrected chi connectivity index (χ0v) is 14.4. The van der Waals surface area contributed by atoms with Crippen LogP contribution in [0.1, 0.15) is 15.9 Å². The van der Waals surface area contributed by atoms with Crippen molar-refractivity contribution in [2.45, 2.75) is 6.54 Å². The second-order valence-corrected chi connectivity index (χ2v) is 6.41. The highest BCUT2D eigenvalue weighted by Gasteiger charge is 2.27. The lowest BCUT2D eigenvalue weighted by Crippen LogP contribution is -2.44. The number of fused-ring (bicyclic) bond motifs is 1. The molecule has 4 rings (SSSR count). The molecular weight excluding hydrogens is 328 g/mol. The van der Waals surface area contributed by atoms with Crippen LogP contribution in [0.2, 0.25) is 0 Å². The van der Waals surface area contributed by atoms with E-state index in [1.165, 1.54) is 0 Å². The molecule has 0 spiro atoms. The molecule has 5 heteroatoms. The predicted octanol–water partition coefficient (Wildman–Crippen LogP) is 2.73. The monoisotopic (exact) mass is 348 g/mol. The summed E-state index contributed by atoms with van der Waals surface area (Å²) >= 11 is 0. The van der Waals surface area contributed by atoms with Crippen LogP contribution in [0.15, 0.2) is 60.8 Å². The maximum Gasteiger partial charge on any atom is 0.295 e. The first-order chi connectivity index (χ1) is 12.7. The third kappa shape index (κ3) is 3.13. The van der Waals surface area contributed by atoms with Crippen molar-refractivity contribution in [3.05, 3.63) is 71.9 Å². The summed E-state index contributed by atoms with van der Waals surface area (Å²) < 4.78 is 7.30. The van der Waals surface area contributed by atoms with E-state index in [-0.39, 0.29) is 0 Å². The first-order valence-corrected chi connectivity index (χ1v) is 8.77. The van der Waals surface area contributed by atoms with Gasteiger partial charge in [-0.2, -0.15) is 0 Å². The number of hydrogen-bond acceptors (Lipinski definition) is 3. The van der Waals surface area contributed by atoms with Gasteiger partial charge in [0.05, 0.1) is 18.8 Å². The fourth-order valence-electron chi connectivity index (χ4n) is 3.36. The van der Waals surface area contributed by atoms with Crippen molar-refractivity contribution in [3.8, 4) is 0 Å². The Morgan fingerprint density at radius 3 is 2.38 bits per heavy atom. The van der Waals surface area contributed by atoms with E-state index in [2.05, 4.69) is 12.1 Å². The van der Waals surface area contributed by atoms with E-state index in [1.54, 1.807) is 11.1 Å². The summed E-state index contributed by atoms with van der Waals surface area (Å²) in [6.45, 7) is 2.55. The van der Waals surface area contributed by atoms with Gasteiger partial charge < -0.3 is 14.2 Å². The van der Waals surface area contributed by atoms with E-state index >= 15 is 0 Å². The number of ether oxygens (including phenoxy) is 1. The van der Waals surface area contributed by atoms with Crippen LogP contribution in [0.4, 0.5) is 0 Å². The van der Waals surface area contributed by atoms with Crippen molar-refractivity contribution in [1.82, 2.24) is 9.47 Å². The summed E-state index contributed by atoms with van der Waals surface area (Å²) in [5.74, 6) is -0.897. The van der Waals surface area contributed by atoms with Crippen LogP contribution >= 0.6 is 0 Å². The smallest absolute Gasteiger partial charge is 0.295 e. The second-order valence-electron chi connectivity index (χ2n) is 6.41. The fourth-order valence-corrected chi connectivity index (χ4v) is 3.36. The van der Waals surface area contributed by atoms with Crippen molar-refractivity contribution >= 4 is 22.6 Å². The van der Waals surface area contributed by atoms with Gasteiger partial charge in [0.15, 0.2) is 0 Å². The van der Waals surface area contributed by atoms with E-state index in [9.17, 15) is 9.59 Å². The largest absolute Gasteiger partial charge is 0.378 e. The van der Waals surface area contributed by atoms with Gasteiger partial charge >= 0.3 is 0 Å². The zero-order valence-electron chi connectivity index (χ0n) is 14.4. The topological polar surface area (TPSA) is 51.5 Å². The molecule has 5 nitrogen and oxygen atoms in total. The number of rotatable bonds is 4. The Morgan fingerprint density at radius 2 is 1.62 bits per heavy atom. The molecule has 0 radical (unpaired) electrons. The van der Waals surface area contributed by atoms with Crippen LogP contribution in [0.25, 0.3) is 10.9 Å². The third-order valence-corrected chi connectivity index (χ3v) is 4.72. The van der Waals surface area contributed by atoms with Gasteiger partial charge in [0, 0.05) is 36.7 Å². The Balaban J connectivity index is 1.69. The second kappa shape index (κ2) is 7.14. The van der Waals surface area contributed by atoms with Gasteiger partial charge in [0.25, 0.3) is 11.7 Å². The lowest BCUT2D eigenvalue weighted by Gasteiger charge is -2.25. The van der Waals surface area contributed by atoms with Crippen molar-refractivity contribution < 1.29 is 14.3 Å². The molecule has 1 aliphatic rings. The summed E-state index contributed by atoms with van der Waals surface area (Å²) in [7, 11) is 0. The van der Waals surface area contributed by atoms with Gasteiger partial charge in [0.2, 0.25) is 0 Å². The molecule has 0 unspecified atom stereocenters. The molecule has 132 valence electrons. The van der Waals surface area contributed by atoms with Gasteiger partial charge in [-0.15, -0.1) is 0 Å². The van der Waals surface area contributed by atoms with Gasteiger partial charge in [-0.1, -0.05) is 48.5 Å². The average molecular weight is 348 g/mol. The maximum absolute atomic E-state index is 12.9. The standard InChI is InChI=1S/C21H20N2O3/c24-20(21(25)22-10-12-26-13-11-22)18-15-23(14-16-6-2-1-3-7-16)19-9-5-4-8-17(18)19/h1-9,15H,10-14H2. The van der Waals surface area contributed by atoms with E-state index < -0.39 is 11.7 Å². The minimum absolute atomic E-state index is 0.448. The van der Waals surface area contributed by atoms with E-state index in [1.807, 2.05) is 47.0 Å². The van der Waals surface area contributed by atoms with Gasteiger partial charge in [0.1, 0.15) is 0 Å². The number of para-hydroxylation sites is 1. The number of hydrogen-bond donors (Lipinski definition) is 0. The van der Waals surface area contributed by atoms with Gasteiger partial charge in [-0.25, -0.2) is 0 Å². The highest BCUT2D eigenvalue weighted by molar-refractivity contribution is 6.44. The molecule has 0 aliphatic carbocycles. The van der Waals surface area contributed by atoms with Crippen molar-refractivity contribution in [3.63, 3.8) is 0 Å². The Labute approximate surface area is 151 Å². The maximum atomic E-state index is 12.9. The number of aromatic nitrogens is 1. The number of carbonyl (C=O) groups excluding carboxylic acids is 2. The molecule has 0 bridgehead atoms. The van der Waals surface area contributed by atoms with Crippen LogP contribution in [0.3, 0.4) is 0 Å². The molecule has 0 N–H and O–H groups in total. The zero-order chi connectivity index (χ0) is 17.9. The Kier molecular flexibility index (Phi) is 4.54. The molecule has 2 aromatic carbocycles. The third-order valence-electron chi connectivity index (χ3n) is 4.72. The van der Waals surface area contributed by atoms with E-state index in [0.717, 1.165) is 16.5 Å². The van der Waals surface area contributed by atoms with Gasteiger partial charge in [-0.05, 0) is 11.6 Å². The first-order valence-electron chi connectivity index (χ1n) is 8.77. The summed E-state index contributed by atoms with van der Waals surface area (Å²) in [6, 6.07) is 17.8. The number of ketones is 1. The highest BCUT2D eigenvalue weighted by atomic mass is 16.5. The minimum atomic E-state index is -0.449. The predicted molar refractivity (Wildman–Crippen MR) is 99.2 cm³/mol. The lowest BCUT2D eigenvalue weighted by atomic mass is 10.1. The van der Waals surface area contributed by atoms with Crippen molar-refractivity contribution in [2.75, 3.05) is 26.3 Å². The van der Waals surface area contributed by atoms with Crippen molar-refractivity contribution in [1.29, 1.82) is 0 Å². The molecule has 0 saturated carbocycles. The molecule has 3 aromatic rings. The van der Waals surface area contributed by atoms with Gasteiger partial charge in [-0.3, -0.25) is 9.59 Å².